The maximum absolute atomic E-state index is 12.8. The van der Waals surface area contributed by atoms with Crippen LogP contribution >= 0.6 is 0 Å². The minimum atomic E-state index is -0.966. The highest BCUT2D eigenvalue weighted by molar-refractivity contribution is 5.97. The van der Waals surface area contributed by atoms with Gasteiger partial charge in [0.1, 0.15) is 17.8 Å². The van der Waals surface area contributed by atoms with Gasteiger partial charge in [-0.2, -0.15) is 5.10 Å². The van der Waals surface area contributed by atoms with E-state index < -0.39 is 29.8 Å². The fourth-order valence-corrected chi connectivity index (χ4v) is 3.40. The largest absolute Gasteiger partial charge is 0.368 e. The summed E-state index contributed by atoms with van der Waals surface area (Å²) in [6, 6.07) is -0.243. The Morgan fingerprint density at radius 3 is 2.57 bits per heavy atom. The third-order valence-electron chi connectivity index (χ3n) is 5.21. The first-order valence-electron chi connectivity index (χ1n) is 9.61. The third-order valence-corrected chi connectivity index (χ3v) is 5.21. The summed E-state index contributed by atoms with van der Waals surface area (Å²) in [5.74, 6) is -1.74. The molecule has 10 heteroatoms. The van der Waals surface area contributed by atoms with Gasteiger partial charge in [0.05, 0.1) is 0 Å². The molecule has 3 unspecified atom stereocenters. The number of H-pyrrole nitrogens is 1. The first kappa shape index (κ1) is 19.8. The van der Waals surface area contributed by atoms with Crippen LogP contribution in [-0.2, 0) is 14.4 Å². The molecular formula is C18H26N6O4. The minimum Gasteiger partial charge on any atom is -0.368 e. The molecule has 1 saturated heterocycles. The van der Waals surface area contributed by atoms with E-state index in [4.69, 9.17) is 5.73 Å². The number of carbonyl (C=O) groups excluding carboxylic acids is 4. The summed E-state index contributed by atoms with van der Waals surface area (Å²) in [4.78, 5) is 48.9. The molecule has 1 aliphatic carbocycles. The average molecular weight is 390 g/mol. The van der Waals surface area contributed by atoms with E-state index in [1.165, 1.54) is 12.3 Å². The maximum Gasteiger partial charge on any atom is 0.269 e. The summed E-state index contributed by atoms with van der Waals surface area (Å²) >= 11 is 0. The molecule has 0 radical (unpaired) electrons. The van der Waals surface area contributed by atoms with E-state index in [0.29, 0.717) is 25.3 Å². The third kappa shape index (κ3) is 5.30. The summed E-state index contributed by atoms with van der Waals surface area (Å²) in [5, 5.41) is 14.4. The molecule has 28 heavy (non-hydrogen) atoms. The summed E-state index contributed by atoms with van der Waals surface area (Å²) in [7, 11) is 0. The highest BCUT2D eigenvalue weighted by Crippen LogP contribution is 2.33. The molecule has 6 N–H and O–H groups in total. The molecule has 1 aliphatic heterocycles. The van der Waals surface area contributed by atoms with Gasteiger partial charge in [-0.1, -0.05) is 12.8 Å². The van der Waals surface area contributed by atoms with Gasteiger partial charge in [0.15, 0.2) is 0 Å². The maximum atomic E-state index is 12.8. The molecule has 0 spiro atoms. The van der Waals surface area contributed by atoms with Crippen molar-refractivity contribution in [3.63, 3.8) is 0 Å². The Morgan fingerprint density at radius 1 is 1.18 bits per heavy atom. The van der Waals surface area contributed by atoms with Crippen LogP contribution in [0.4, 0.5) is 0 Å². The summed E-state index contributed by atoms with van der Waals surface area (Å²) in [6.07, 6.45) is 5.56. The number of nitrogens with one attached hydrogen (secondary N) is 4. The zero-order valence-corrected chi connectivity index (χ0v) is 15.6. The Kier molecular flexibility index (Phi) is 6.27. The SMILES string of the molecule is NC(=O)C(CC1CCCNC1=O)NC(=O)C(CC1CC1)NC(=O)c1ccn[nH]1. The number of hydrogen-bond donors (Lipinski definition) is 5. The quantitative estimate of drug-likeness (QED) is 0.372. The van der Waals surface area contributed by atoms with Gasteiger partial charge < -0.3 is 21.7 Å². The van der Waals surface area contributed by atoms with Gasteiger partial charge in [0.2, 0.25) is 17.7 Å². The average Bonchev–Trinajstić information content (AvgIpc) is 3.30. The van der Waals surface area contributed by atoms with Gasteiger partial charge in [-0.25, -0.2) is 0 Å². The van der Waals surface area contributed by atoms with Crippen molar-refractivity contribution in [3.8, 4) is 0 Å². The second-order valence-corrected chi connectivity index (χ2v) is 7.50. The zero-order valence-electron chi connectivity index (χ0n) is 15.6. The molecule has 2 heterocycles. The molecule has 1 saturated carbocycles. The summed E-state index contributed by atoms with van der Waals surface area (Å²) in [5.41, 5.74) is 5.70. The van der Waals surface area contributed by atoms with Crippen LogP contribution < -0.4 is 21.7 Å². The van der Waals surface area contributed by atoms with Gasteiger partial charge in [-0.3, -0.25) is 24.3 Å². The standard InChI is InChI=1S/C18H26N6O4/c19-15(25)13(9-11-2-1-6-20-16(11)26)22-18(28)14(8-10-3-4-10)23-17(27)12-5-7-21-24-12/h5,7,10-11,13-14H,1-4,6,8-9H2,(H2,19,25)(H,20,26)(H,21,24)(H,22,28)(H,23,27). The number of nitrogens with two attached hydrogens (primary N) is 1. The number of piperidine rings is 1. The molecule has 2 aliphatic rings. The van der Waals surface area contributed by atoms with Crippen molar-refractivity contribution >= 4 is 23.6 Å². The van der Waals surface area contributed by atoms with Gasteiger partial charge >= 0.3 is 0 Å². The number of aromatic amines is 1. The van der Waals surface area contributed by atoms with Crippen molar-refractivity contribution in [1.29, 1.82) is 0 Å². The number of carbonyl (C=O) groups is 4. The fraction of sp³-hybridized carbons (Fsp3) is 0.611. The van der Waals surface area contributed by atoms with E-state index in [-0.39, 0.29) is 23.9 Å². The highest BCUT2D eigenvalue weighted by atomic mass is 16.2. The zero-order chi connectivity index (χ0) is 20.1. The number of aromatic nitrogens is 2. The summed E-state index contributed by atoms with van der Waals surface area (Å²) in [6.45, 7) is 0.617. The molecule has 152 valence electrons. The van der Waals surface area contributed by atoms with Crippen molar-refractivity contribution in [2.75, 3.05) is 6.54 Å². The molecule has 0 bridgehead atoms. The Bertz CT molecular complexity index is 730. The Hall–Kier alpha value is -2.91. The molecule has 4 amide bonds. The van der Waals surface area contributed by atoms with Crippen molar-refractivity contribution in [1.82, 2.24) is 26.1 Å². The van der Waals surface area contributed by atoms with Crippen LogP contribution in [0.5, 0.6) is 0 Å². The van der Waals surface area contributed by atoms with Crippen LogP contribution in [0.15, 0.2) is 12.3 Å². The van der Waals surface area contributed by atoms with E-state index in [9.17, 15) is 19.2 Å². The lowest BCUT2D eigenvalue weighted by molar-refractivity contribution is -0.131. The molecule has 0 aromatic carbocycles. The predicted molar refractivity (Wildman–Crippen MR) is 98.7 cm³/mol. The van der Waals surface area contributed by atoms with Crippen molar-refractivity contribution in [2.45, 2.75) is 50.6 Å². The van der Waals surface area contributed by atoms with Crippen molar-refractivity contribution in [3.05, 3.63) is 18.0 Å². The number of amides is 4. The number of rotatable bonds is 9. The van der Waals surface area contributed by atoms with E-state index in [1.54, 1.807) is 0 Å². The molecular weight excluding hydrogens is 364 g/mol. The normalized spacial score (nSPS) is 21.3. The van der Waals surface area contributed by atoms with Crippen LogP contribution in [0.2, 0.25) is 0 Å². The molecule has 1 aromatic heterocycles. The van der Waals surface area contributed by atoms with E-state index in [1.807, 2.05) is 0 Å². The van der Waals surface area contributed by atoms with Crippen molar-refractivity contribution < 1.29 is 19.2 Å². The lowest BCUT2D eigenvalue weighted by Crippen LogP contribution is -2.54. The second kappa shape index (κ2) is 8.85. The van der Waals surface area contributed by atoms with Crippen LogP contribution in [0, 0.1) is 11.8 Å². The van der Waals surface area contributed by atoms with Gasteiger partial charge in [0, 0.05) is 18.7 Å². The van der Waals surface area contributed by atoms with Gasteiger partial charge in [0.25, 0.3) is 5.91 Å². The van der Waals surface area contributed by atoms with E-state index in [2.05, 4.69) is 26.1 Å². The lowest BCUT2D eigenvalue weighted by Gasteiger charge is -2.26. The number of primary amides is 1. The first-order valence-corrected chi connectivity index (χ1v) is 9.61. The van der Waals surface area contributed by atoms with Gasteiger partial charge in [-0.15, -0.1) is 0 Å². The number of nitrogens with zero attached hydrogens (tertiary/aromatic N) is 1. The van der Waals surface area contributed by atoms with Crippen molar-refractivity contribution in [2.24, 2.45) is 17.6 Å². The Morgan fingerprint density at radius 2 is 1.96 bits per heavy atom. The predicted octanol–water partition coefficient (Wildman–Crippen LogP) is -0.805. The van der Waals surface area contributed by atoms with Crippen LogP contribution in [-0.4, -0.2) is 52.5 Å². The van der Waals surface area contributed by atoms with E-state index >= 15 is 0 Å². The lowest BCUT2D eigenvalue weighted by atomic mass is 9.91. The molecule has 3 rings (SSSR count). The Balaban J connectivity index is 1.63. The molecule has 10 nitrogen and oxygen atoms in total. The smallest absolute Gasteiger partial charge is 0.269 e. The molecule has 3 atom stereocenters. The monoisotopic (exact) mass is 390 g/mol. The molecule has 1 aromatic rings. The summed E-state index contributed by atoms with van der Waals surface area (Å²) < 4.78 is 0. The first-order chi connectivity index (χ1) is 13.4. The number of hydrogen-bond acceptors (Lipinski definition) is 5. The van der Waals surface area contributed by atoms with Crippen LogP contribution in [0.1, 0.15) is 49.0 Å². The minimum absolute atomic E-state index is 0.131. The topological polar surface area (TPSA) is 159 Å². The second-order valence-electron chi connectivity index (χ2n) is 7.50. The van der Waals surface area contributed by atoms with Crippen LogP contribution in [0.3, 0.4) is 0 Å². The van der Waals surface area contributed by atoms with Gasteiger partial charge in [-0.05, 0) is 37.7 Å². The van der Waals surface area contributed by atoms with Crippen LogP contribution in [0.25, 0.3) is 0 Å². The molecule has 2 fully saturated rings. The van der Waals surface area contributed by atoms with E-state index in [0.717, 1.165) is 19.3 Å². The highest BCUT2D eigenvalue weighted by Gasteiger charge is 2.34. The fourth-order valence-electron chi connectivity index (χ4n) is 3.40. The Labute approximate surface area is 162 Å².